The SMILES string of the molecule is CNc1cc(-c2ncccc2Cl)ccc1C(=O)Nc1ccc(OC)c(C(F)(F)F)c1. The lowest BCUT2D eigenvalue weighted by molar-refractivity contribution is -0.138. The lowest BCUT2D eigenvalue weighted by atomic mass is 10.0. The molecule has 3 aromatic rings. The van der Waals surface area contributed by atoms with Gasteiger partial charge in [-0.1, -0.05) is 17.7 Å². The number of methoxy groups -OCH3 is 1. The third kappa shape index (κ3) is 4.49. The van der Waals surface area contributed by atoms with Crippen molar-refractivity contribution in [3.8, 4) is 17.0 Å². The van der Waals surface area contributed by atoms with E-state index < -0.39 is 17.6 Å². The highest BCUT2D eigenvalue weighted by atomic mass is 35.5. The standard InChI is InChI=1S/C21H17ClF3N3O2/c1-26-17-10-12(19-16(22)4-3-9-27-19)5-7-14(17)20(29)28-13-6-8-18(30-2)15(11-13)21(23,24)25/h3-11,26H,1-2H3,(H,28,29). The van der Waals surface area contributed by atoms with Crippen LogP contribution >= 0.6 is 11.6 Å². The number of alkyl halides is 3. The van der Waals surface area contributed by atoms with E-state index in [1.165, 1.54) is 6.07 Å². The third-order valence-electron chi connectivity index (χ3n) is 4.33. The summed E-state index contributed by atoms with van der Waals surface area (Å²) in [5.74, 6) is -0.899. The molecule has 2 aromatic carbocycles. The van der Waals surface area contributed by atoms with Crippen LogP contribution in [0, 0.1) is 0 Å². The maximum Gasteiger partial charge on any atom is 0.420 e. The Morgan fingerprint density at radius 1 is 1.13 bits per heavy atom. The summed E-state index contributed by atoms with van der Waals surface area (Å²) in [6, 6.07) is 11.6. The summed E-state index contributed by atoms with van der Waals surface area (Å²) in [6.07, 6.45) is -3.02. The lowest BCUT2D eigenvalue weighted by Crippen LogP contribution is -2.15. The molecule has 0 saturated carbocycles. The molecule has 2 N–H and O–H groups in total. The maximum atomic E-state index is 13.2. The molecule has 1 aromatic heterocycles. The van der Waals surface area contributed by atoms with Crippen LogP contribution in [0.3, 0.4) is 0 Å². The number of amides is 1. The molecule has 0 aliphatic rings. The molecular weight excluding hydrogens is 419 g/mol. The molecule has 1 amide bonds. The predicted octanol–water partition coefficient (Wildman–Crippen LogP) is 5.72. The smallest absolute Gasteiger partial charge is 0.420 e. The van der Waals surface area contributed by atoms with Crippen LogP contribution in [0.1, 0.15) is 15.9 Å². The van der Waals surface area contributed by atoms with E-state index in [1.54, 1.807) is 43.6 Å². The lowest BCUT2D eigenvalue weighted by Gasteiger charge is -2.15. The molecule has 156 valence electrons. The predicted molar refractivity (Wildman–Crippen MR) is 110 cm³/mol. The highest BCUT2D eigenvalue weighted by Gasteiger charge is 2.34. The number of benzene rings is 2. The number of carbonyl (C=O) groups excluding carboxylic acids is 1. The molecule has 9 heteroatoms. The first-order valence-electron chi connectivity index (χ1n) is 8.74. The van der Waals surface area contributed by atoms with E-state index in [0.29, 0.717) is 22.0 Å². The van der Waals surface area contributed by atoms with Gasteiger partial charge < -0.3 is 15.4 Å². The number of halogens is 4. The minimum atomic E-state index is -4.62. The molecule has 0 spiro atoms. The number of pyridine rings is 1. The fraction of sp³-hybridized carbons (Fsp3) is 0.143. The van der Waals surface area contributed by atoms with E-state index in [1.807, 2.05) is 0 Å². The first-order chi connectivity index (χ1) is 14.2. The largest absolute Gasteiger partial charge is 0.496 e. The van der Waals surface area contributed by atoms with E-state index in [0.717, 1.165) is 19.2 Å². The zero-order chi connectivity index (χ0) is 21.9. The fourth-order valence-electron chi connectivity index (χ4n) is 2.90. The van der Waals surface area contributed by atoms with Gasteiger partial charge >= 0.3 is 6.18 Å². The van der Waals surface area contributed by atoms with Crippen molar-refractivity contribution in [3.05, 3.63) is 70.9 Å². The Kier molecular flexibility index (Phi) is 6.17. The van der Waals surface area contributed by atoms with Gasteiger partial charge in [0.1, 0.15) is 5.75 Å². The van der Waals surface area contributed by atoms with Crippen molar-refractivity contribution in [1.29, 1.82) is 0 Å². The van der Waals surface area contributed by atoms with E-state index in [9.17, 15) is 18.0 Å². The van der Waals surface area contributed by atoms with Gasteiger partial charge in [-0.15, -0.1) is 0 Å². The van der Waals surface area contributed by atoms with Crippen LogP contribution in [-0.2, 0) is 6.18 Å². The summed E-state index contributed by atoms with van der Waals surface area (Å²) < 4.78 is 44.4. The quantitative estimate of drug-likeness (QED) is 0.537. The second kappa shape index (κ2) is 8.62. The van der Waals surface area contributed by atoms with Gasteiger partial charge in [0.15, 0.2) is 0 Å². The molecule has 3 rings (SSSR count). The second-order valence-electron chi connectivity index (χ2n) is 6.21. The average Bonchev–Trinajstić information content (AvgIpc) is 2.73. The third-order valence-corrected chi connectivity index (χ3v) is 4.63. The number of nitrogens with zero attached hydrogens (tertiary/aromatic N) is 1. The zero-order valence-corrected chi connectivity index (χ0v) is 16.7. The summed E-state index contributed by atoms with van der Waals surface area (Å²) >= 11 is 6.18. The summed E-state index contributed by atoms with van der Waals surface area (Å²) in [4.78, 5) is 17.0. The molecule has 0 saturated heterocycles. The topological polar surface area (TPSA) is 63.2 Å². The number of carbonyl (C=O) groups is 1. The molecule has 0 radical (unpaired) electrons. The molecular formula is C21H17ClF3N3O2. The summed E-state index contributed by atoms with van der Waals surface area (Å²) in [5.41, 5.74) is 0.968. The Morgan fingerprint density at radius 2 is 1.90 bits per heavy atom. The van der Waals surface area contributed by atoms with Crippen molar-refractivity contribution >= 4 is 28.9 Å². The normalized spacial score (nSPS) is 11.1. The number of hydrogen-bond acceptors (Lipinski definition) is 4. The molecule has 0 atom stereocenters. The van der Waals surface area contributed by atoms with Crippen molar-refractivity contribution in [2.75, 3.05) is 24.8 Å². The number of rotatable bonds is 5. The van der Waals surface area contributed by atoms with E-state index >= 15 is 0 Å². The van der Waals surface area contributed by atoms with Gasteiger partial charge in [-0.3, -0.25) is 9.78 Å². The molecule has 0 unspecified atom stereocenters. The summed E-state index contributed by atoms with van der Waals surface area (Å²) in [5, 5.41) is 5.86. The van der Waals surface area contributed by atoms with Gasteiger partial charge in [0.2, 0.25) is 0 Å². The summed E-state index contributed by atoms with van der Waals surface area (Å²) in [7, 11) is 2.78. The van der Waals surface area contributed by atoms with Crippen molar-refractivity contribution in [3.63, 3.8) is 0 Å². The van der Waals surface area contributed by atoms with Crippen LogP contribution in [0.4, 0.5) is 24.5 Å². The molecule has 5 nitrogen and oxygen atoms in total. The summed E-state index contributed by atoms with van der Waals surface area (Å²) in [6.45, 7) is 0. The van der Waals surface area contributed by atoms with E-state index in [2.05, 4.69) is 15.6 Å². The highest BCUT2D eigenvalue weighted by molar-refractivity contribution is 6.33. The monoisotopic (exact) mass is 435 g/mol. The molecule has 0 aliphatic heterocycles. The first kappa shape index (κ1) is 21.4. The Bertz CT molecular complexity index is 1090. The van der Waals surface area contributed by atoms with Crippen molar-refractivity contribution in [1.82, 2.24) is 4.98 Å². The van der Waals surface area contributed by atoms with Crippen molar-refractivity contribution < 1.29 is 22.7 Å². The van der Waals surface area contributed by atoms with Gasteiger partial charge in [0, 0.05) is 30.2 Å². The second-order valence-corrected chi connectivity index (χ2v) is 6.62. The average molecular weight is 436 g/mol. The van der Waals surface area contributed by atoms with Gasteiger partial charge in [-0.25, -0.2) is 0 Å². The Morgan fingerprint density at radius 3 is 2.53 bits per heavy atom. The Labute approximate surface area is 175 Å². The maximum absolute atomic E-state index is 13.2. The minimum absolute atomic E-state index is 0.00738. The van der Waals surface area contributed by atoms with Crippen LogP contribution < -0.4 is 15.4 Å². The number of hydrogen-bond donors (Lipinski definition) is 2. The fourth-order valence-corrected chi connectivity index (χ4v) is 3.13. The van der Waals surface area contributed by atoms with Crippen LogP contribution in [0.2, 0.25) is 5.02 Å². The van der Waals surface area contributed by atoms with Crippen molar-refractivity contribution in [2.45, 2.75) is 6.18 Å². The molecule has 1 heterocycles. The molecule has 0 fully saturated rings. The number of aromatic nitrogens is 1. The van der Waals surface area contributed by atoms with Crippen LogP contribution in [0.25, 0.3) is 11.3 Å². The molecule has 0 aliphatic carbocycles. The molecule has 30 heavy (non-hydrogen) atoms. The highest BCUT2D eigenvalue weighted by Crippen LogP contribution is 2.38. The van der Waals surface area contributed by atoms with Crippen LogP contribution in [0.5, 0.6) is 5.75 Å². The van der Waals surface area contributed by atoms with Gasteiger partial charge in [0.25, 0.3) is 5.91 Å². The first-order valence-corrected chi connectivity index (χ1v) is 9.11. The van der Waals surface area contributed by atoms with Crippen LogP contribution in [0.15, 0.2) is 54.7 Å². The number of ether oxygens (including phenoxy) is 1. The number of nitrogens with one attached hydrogen (secondary N) is 2. The van der Waals surface area contributed by atoms with E-state index in [4.69, 9.17) is 16.3 Å². The van der Waals surface area contributed by atoms with Crippen LogP contribution in [-0.4, -0.2) is 25.0 Å². The van der Waals surface area contributed by atoms with Gasteiger partial charge in [-0.05, 0) is 42.5 Å². The Balaban J connectivity index is 1.92. The zero-order valence-electron chi connectivity index (χ0n) is 16.0. The van der Waals surface area contributed by atoms with Crippen molar-refractivity contribution in [2.24, 2.45) is 0 Å². The van der Waals surface area contributed by atoms with Gasteiger partial charge in [0.05, 0.1) is 29.0 Å². The minimum Gasteiger partial charge on any atom is -0.496 e. The Hall–Kier alpha value is -3.26. The van der Waals surface area contributed by atoms with E-state index in [-0.39, 0.29) is 17.0 Å². The van der Waals surface area contributed by atoms with Gasteiger partial charge in [-0.2, -0.15) is 13.2 Å². The number of anilines is 2. The molecule has 0 bridgehead atoms.